The summed E-state index contributed by atoms with van der Waals surface area (Å²) >= 11 is 0. The van der Waals surface area contributed by atoms with Gasteiger partial charge in [0.05, 0.1) is 0 Å². The van der Waals surface area contributed by atoms with E-state index >= 15 is 0 Å². The summed E-state index contributed by atoms with van der Waals surface area (Å²) in [6.45, 7) is 4.08. The summed E-state index contributed by atoms with van der Waals surface area (Å²) in [6, 6.07) is 0. The third-order valence-electron chi connectivity index (χ3n) is 2.49. The largest absolute Gasteiger partial charge is 0.385 e. The van der Waals surface area contributed by atoms with Crippen molar-refractivity contribution in [3.63, 3.8) is 0 Å². The van der Waals surface area contributed by atoms with Crippen molar-refractivity contribution < 1.29 is 9.47 Å². The summed E-state index contributed by atoms with van der Waals surface area (Å²) < 4.78 is 10.7. The van der Waals surface area contributed by atoms with Crippen LogP contribution in [0.4, 0.5) is 0 Å². The van der Waals surface area contributed by atoms with Crippen molar-refractivity contribution in [3.8, 4) is 0 Å². The molecule has 1 heterocycles. The summed E-state index contributed by atoms with van der Waals surface area (Å²) in [5, 5.41) is 0. The van der Waals surface area contributed by atoms with E-state index in [2.05, 4.69) is 4.99 Å². The zero-order chi connectivity index (χ0) is 9.73. The van der Waals surface area contributed by atoms with Gasteiger partial charge in [0, 0.05) is 39.7 Å². The molecule has 4 heteroatoms. The Morgan fingerprint density at radius 3 is 2.62 bits per heavy atom. The normalized spacial score (nSPS) is 23.1. The lowest BCUT2D eigenvalue weighted by Crippen LogP contribution is -2.49. The maximum atomic E-state index is 5.87. The van der Waals surface area contributed by atoms with Crippen molar-refractivity contribution >= 4 is 5.84 Å². The van der Waals surface area contributed by atoms with Crippen LogP contribution in [0.15, 0.2) is 4.99 Å². The Morgan fingerprint density at radius 1 is 1.54 bits per heavy atom. The van der Waals surface area contributed by atoms with Gasteiger partial charge < -0.3 is 15.2 Å². The van der Waals surface area contributed by atoms with Gasteiger partial charge in [0.25, 0.3) is 0 Å². The van der Waals surface area contributed by atoms with Gasteiger partial charge in [0.2, 0.25) is 0 Å². The second-order valence-corrected chi connectivity index (χ2v) is 3.17. The zero-order valence-corrected chi connectivity index (χ0v) is 8.38. The van der Waals surface area contributed by atoms with Crippen molar-refractivity contribution in [1.82, 2.24) is 0 Å². The van der Waals surface area contributed by atoms with E-state index in [1.807, 2.05) is 6.92 Å². The maximum Gasteiger partial charge on any atom is 0.129 e. The van der Waals surface area contributed by atoms with Crippen LogP contribution in [0.3, 0.4) is 0 Å². The lowest BCUT2D eigenvalue weighted by molar-refractivity contribution is -0.0468. The highest BCUT2D eigenvalue weighted by Gasteiger charge is 2.36. The van der Waals surface area contributed by atoms with E-state index in [-0.39, 0.29) is 5.60 Å². The predicted molar refractivity (Wildman–Crippen MR) is 52.0 cm³/mol. The highest BCUT2D eigenvalue weighted by Crippen LogP contribution is 2.24. The van der Waals surface area contributed by atoms with Crippen LogP contribution in [0, 0.1) is 0 Å². The lowest BCUT2D eigenvalue weighted by Gasteiger charge is -2.35. The fourth-order valence-corrected chi connectivity index (χ4v) is 1.58. The number of aliphatic imine (C=N–C) groups is 1. The van der Waals surface area contributed by atoms with E-state index in [1.54, 1.807) is 7.11 Å². The smallest absolute Gasteiger partial charge is 0.129 e. The van der Waals surface area contributed by atoms with E-state index in [1.165, 1.54) is 0 Å². The fourth-order valence-electron chi connectivity index (χ4n) is 1.58. The molecule has 0 amide bonds. The summed E-state index contributed by atoms with van der Waals surface area (Å²) in [5.74, 6) is 0.612. The predicted octanol–water partition coefficient (Wildman–Crippen LogP) is 0.559. The Balaban J connectivity index is 2.72. The molecular weight excluding hydrogens is 168 g/mol. The number of nitrogens with zero attached hydrogens (tertiary/aromatic N) is 1. The van der Waals surface area contributed by atoms with Gasteiger partial charge in [0.15, 0.2) is 0 Å². The van der Waals surface area contributed by atoms with E-state index < -0.39 is 0 Å². The number of methoxy groups -OCH3 is 1. The number of amidine groups is 1. The van der Waals surface area contributed by atoms with Gasteiger partial charge in [-0.05, 0) is 6.92 Å². The molecule has 0 atom stereocenters. The number of ether oxygens (including phenoxy) is 2. The quantitative estimate of drug-likeness (QED) is 0.517. The zero-order valence-electron chi connectivity index (χ0n) is 8.38. The van der Waals surface area contributed by atoms with Crippen molar-refractivity contribution in [2.24, 2.45) is 10.7 Å². The molecule has 0 aromatic carbocycles. The second kappa shape index (κ2) is 4.58. The Kier molecular flexibility index (Phi) is 3.69. The molecule has 0 aromatic rings. The first-order chi connectivity index (χ1) is 6.25. The van der Waals surface area contributed by atoms with Gasteiger partial charge in [-0.2, -0.15) is 0 Å². The number of hydrogen-bond donors (Lipinski definition) is 1. The van der Waals surface area contributed by atoms with E-state index in [9.17, 15) is 0 Å². The van der Waals surface area contributed by atoms with Gasteiger partial charge in [-0.3, -0.25) is 4.99 Å². The van der Waals surface area contributed by atoms with E-state index in [0.29, 0.717) is 25.6 Å². The topological polar surface area (TPSA) is 56.8 Å². The molecule has 1 rings (SSSR count). The van der Waals surface area contributed by atoms with Crippen LogP contribution in [0.5, 0.6) is 0 Å². The minimum atomic E-state index is -0.367. The second-order valence-electron chi connectivity index (χ2n) is 3.17. The Hall–Kier alpha value is -0.610. The number of hydrogen-bond acceptors (Lipinski definition) is 3. The Morgan fingerprint density at radius 2 is 2.15 bits per heavy atom. The first-order valence-corrected chi connectivity index (χ1v) is 4.68. The highest BCUT2D eigenvalue weighted by molar-refractivity contribution is 5.89. The molecule has 0 bridgehead atoms. The molecule has 0 unspecified atom stereocenters. The Bertz CT molecular complexity index is 186. The standard InChI is InChI=1S/C9H18N2O2/c1-3-11-8(10)9(12-2)4-6-13-7-5-9/h3-7H2,1-2H3,(H2,10,11). The van der Waals surface area contributed by atoms with E-state index in [4.69, 9.17) is 15.2 Å². The van der Waals surface area contributed by atoms with Crippen LogP contribution in [-0.2, 0) is 9.47 Å². The lowest BCUT2D eigenvalue weighted by atomic mass is 9.93. The fraction of sp³-hybridized carbons (Fsp3) is 0.889. The monoisotopic (exact) mass is 186 g/mol. The van der Waals surface area contributed by atoms with Crippen molar-refractivity contribution in [1.29, 1.82) is 0 Å². The number of rotatable bonds is 3. The molecule has 1 aliphatic heterocycles. The van der Waals surface area contributed by atoms with E-state index in [0.717, 1.165) is 12.8 Å². The molecular formula is C9H18N2O2. The molecule has 4 nitrogen and oxygen atoms in total. The molecule has 1 saturated heterocycles. The van der Waals surface area contributed by atoms with Crippen molar-refractivity contribution in [3.05, 3.63) is 0 Å². The molecule has 0 aromatic heterocycles. The molecule has 0 radical (unpaired) electrons. The molecule has 0 aliphatic carbocycles. The van der Waals surface area contributed by atoms with Gasteiger partial charge in [0.1, 0.15) is 11.4 Å². The first-order valence-electron chi connectivity index (χ1n) is 4.68. The summed E-state index contributed by atoms with van der Waals surface area (Å²) in [4.78, 5) is 4.21. The van der Waals surface area contributed by atoms with Crippen LogP contribution < -0.4 is 5.73 Å². The van der Waals surface area contributed by atoms with Gasteiger partial charge in [-0.1, -0.05) is 0 Å². The van der Waals surface area contributed by atoms with Gasteiger partial charge >= 0.3 is 0 Å². The minimum absolute atomic E-state index is 0.367. The average Bonchev–Trinajstić information content (AvgIpc) is 2.19. The van der Waals surface area contributed by atoms with Crippen LogP contribution >= 0.6 is 0 Å². The van der Waals surface area contributed by atoms with Crippen LogP contribution in [-0.4, -0.2) is 38.3 Å². The third-order valence-corrected chi connectivity index (χ3v) is 2.49. The van der Waals surface area contributed by atoms with Crippen LogP contribution in [0.2, 0.25) is 0 Å². The third kappa shape index (κ3) is 2.19. The molecule has 13 heavy (non-hydrogen) atoms. The molecule has 1 aliphatic rings. The summed E-state index contributed by atoms with van der Waals surface area (Å²) in [6.07, 6.45) is 1.61. The summed E-state index contributed by atoms with van der Waals surface area (Å²) in [7, 11) is 1.68. The Labute approximate surface area is 79.1 Å². The molecule has 2 N–H and O–H groups in total. The van der Waals surface area contributed by atoms with Crippen molar-refractivity contribution in [2.45, 2.75) is 25.4 Å². The molecule has 0 spiro atoms. The number of nitrogens with two attached hydrogens (primary N) is 1. The SMILES string of the molecule is CCN=C(N)C1(OC)CCOCC1. The molecule has 76 valence electrons. The van der Waals surface area contributed by atoms with Gasteiger partial charge in [-0.15, -0.1) is 0 Å². The summed E-state index contributed by atoms with van der Waals surface area (Å²) in [5.41, 5.74) is 5.51. The first kappa shape index (κ1) is 10.5. The van der Waals surface area contributed by atoms with Crippen LogP contribution in [0.25, 0.3) is 0 Å². The van der Waals surface area contributed by atoms with Crippen molar-refractivity contribution in [2.75, 3.05) is 26.9 Å². The minimum Gasteiger partial charge on any atom is -0.385 e. The molecule has 1 fully saturated rings. The van der Waals surface area contributed by atoms with Crippen LogP contribution in [0.1, 0.15) is 19.8 Å². The highest BCUT2D eigenvalue weighted by atomic mass is 16.5. The molecule has 0 saturated carbocycles. The average molecular weight is 186 g/mol. The van der Waals surface area contributed by atoms with Gasteiger partial charge in [-0.25, -0.2) is 0 Å². The maximum absolute atomic E-state index is 5.87.